The third-order valence-corrected chi connectivity index (χ3v) is 7.11. The number of hydrogen-bond acceptors (Lipinski definition) is 4. The maximum absolute atomic E-state index is 12.9. The van der Waals surface area contributed by atoms with Crippen molar-refractivity contribution >= 4 is 38.9 Å². The van der Waals surface area contributed by atoms with Crippen LogP contribution >= 0.6 is 23.2 Å². The second-order valence-electron chi connectivity index (χ2n) is 6.87. The van der Waals surface area contributed by atoms with Crippen LogP contribution in [-0.4, -0.2) is 43.4 Å². The van der Waals surface area contributed by atoms with Crippen LogP contribution in [0.5, 0.6) is 5.75 Å². The summed E-state index contributed by atoms with van der Waals surface area (Å²) in [5.74, 6) is 0.374. The number of nitrogens with zero attached hydrogens (tertiary/aromatic N) is 1. The van der Waals surface area contributed by atoms with Crippen molar-refractivity contribution in [1.29, 1.82) is 0 Å². The first kappa shape index (κ1) is 21.0. The summed E-state index contributed by atoms with van der Waals surface area (Å²) in [6, 6.07) is 12.1. The lowest BCUT2D eigenvalue weighted by molar-refractivity contribution is -0.136. The first-order valence-electron chi connectivity index (χ1n) is 8.87. The van der Waals surface area contributed by atoms with E-state index in [1.54, 1.807) is 29.2 Å². The van der Waals surface area contributed by atoms with Crippen LogP contribution < -0.4 is 4.74 Å². The predicted octanol–water partition coefficient (Wildman–Crippen LogP) is 3.90. The van der Waals surface area contributed by atoms with Crippen LogP contribution in [0.4, 0.5) is 0 Å². The highest BCUT2D eigenvalue weighted by Crippen LogP contribution is 2.26. The monoisotopic (exact) mass is 441 g/mol. The van der Waals surface area contributed by atoms with E-state index < -0.39 is 15.9 Å². The Labute approximate surface area is 175 Å². The van der Waals surface area contributed by atoms with Gasteiger partial charge in [-0.05, 0) is 42.7 Å². The van der Waals surface area contributed by atoms with Gasteiger partial charge in [-0.15, -0.1) is 0 Å². The van der Waals surface area contributed by atoms with Gasteiger partial charge in [-0.1, -0.05) is 47.5 Å². The van der Waals surface area contributed by atoms with Gasteiger partial charge in [0.1, 0.15) is 5.75 Å². The van der Waals surface area contributed by atoms with Crippen molar-refractivity contribution in [1.82, 2.24) is 4.90 Å². The lowest BCUT2D eigenvalue weighted by Crippen LogP contribution is -2.43. The average molecular weight is 442 g/mol. The van der Waals surface area contributed by atoms with Gasteiger partial charge < -0.3 is 9.64 Å². The number of benzene rings is 2. The summed E-state index contributed by atoms with van der Waals surface area (Å²) in [5.41, 5.74) is 1.63. The summed E-state index contributed by atoms with van der Waals surface area (Å²) >= 11 is 12.2. The van der Waals surface area contributed by atoms with Gasteiger partial charge in [0.05, 0.1) is 11.5 Å². The quantitative estimate of drug-likeness (QED) is 0.681. The molecule has 1 amide bonds. The van der Waals surface area contributed by atoms with Crippen molar-refractivity contribution in [2.75, 3.05) is 18.1 Å². The first-order chi connectivity index (χ1) is 13.2. The molecule has 0 bridgehead atoms. The van der Waals surface area contributed by atoms with Gasteiger partial charge in [0.2, 0.25) is 0 Å². The van der Waals surface area contributed by atoms with E-state index in [1.165, 1.54) is 0 Å². The fourth-order valence-corrected chi connectivity index (χ4v) is 5.42. The van der Waals surface area contributed by atoms with Crippen LogP contribution in [0.3, 0.4) is 0 Å². The molecule has 0 aromatic heterocycles. The maximum atomic E-state index is 12.9. The summed E-state index contributed by atoms with van der Waals surface area (Å²) in [7, 11) is -3.15. The lowest BCUT2D eigenvalue weighted by atomic mass is 10.1. The lowest BCUT2D eigenvalue weighted by Gasteiger charge is -2.29. The largest absolute Gasteiger partial charge is 0.484 e. The zero-order valence-electron chi connectivity index (χ0n) is 15.4. The van der Waals surface area contributed by atoms with E-state index in [4.69, 9.17) is 27.9 Å². The third kappa shape index (κ3) is 5.19. The topological polar surface area (TPSA) is 63.7 Å². The smallest absolute Gasteiger partial charge is 0.261 e. The number of para-hydroxylation sites is 1. The van der Waals surface area contributed by atoms with E-state index in [0.717, 1.165) is 5.56 Å². The van der Waals surface area contributed by atoms with Crippen molar-refractivity contribution in [3.05, 3.63) is 63.6 Å². The zero-order chi connectivity index (χ0) is 20.3. The molecule has 1 fully saturated rings. The number of rotatable bonds is 6. The molecule has 2 aromatic rings. The van der Waals surface area contributed by atoms with Crippen LogP contribution in [-0.2, 0) is 21.2 Å². The highest BCUT2D eigenvalue weighted by atomic mass is 35.5. The van der Waals surface area contributed by atoms with Crippen molar-refractivity contribution < 1.29 is 17.9 Å². The Morgan fingerprint density at radius 3 is 2.61 bits per heavy atom. The van der Waals surface area contributed by atoms with E-state index in [0.29, 0.717) is 27.8 Å². The number of sulfone groups is 1. The predicted molar refractivity (Wildman–Crippen MR) is 111 cm³/mol. The van der Waals surface area contributed by atoms with E-state index >= 15 is 0 Å². The highest BCUT2D eigenvalue weighted by Gasteiger charge is 2.35. The molecule has 3 rings (SSSR count). The molecule has 1 saturated heterocycles. The molecule has 28 heavy (non-hydrogen) atoms. The molecule has 0 aliphatic carbocycles. The van der Waals surface area contributed by atoms with Gasteiger partial charge in [-0.2, -0.15) is 0 Å². The number of ether oxygens (including phenoxy) is 1. The molecule has 1 unspecified atom stereocenters. The molecule has 150 valence electrons. The Morgan fingerprint density at radius 2 is 1.96 bits per heavy atom. The Kier molecular flexibility index (Phi) is 6.53. The molecule has 2 aromatic carbocycles. The molecule has 8 heteroatoms. The third-order valence-electron chi connectivity index (χ3n) is 4.77. The molecule has 0 saturated carbocycles. The Hall–Kier alpha value is -1.76. The minimum atomic E-state index is -3.15. The number of hydrogen-bond donors (Lipinski definition) is 0. The van der Waals surface area contributed by atoms with E-state index in [-0.39, 0.29) is 30.6 Å². The molecule has 1 atom stereocenters. The Morgan fingerprint density at radius 1 is 1.21 bits per heavy atom. The summed E-state index contributed by atoms with van der Waals surface area (Å²) in [6.07, 6.45) is 0.406. The molecular weight excluding hydrogens is 421 g/mol. The van der Waals surface area contributed by atoms with Crippen molar-refractivity contribution in [2.45, 2.75) is 25.9 Å². The van der Waals surface area contributed by atoms with Crippen molar-refractivity contribution in [3.63, 3.8) is 0 Å². The van der Waals surface area contributed by atoms with Crippen LogP contribution in [0.15, 0.2) is 42.5 Å². The molecule has 0 N–H and O–H groups in total. The number of aryl methyl sites for hydroxylation is 1. The molecule has 1 aliphatic rings. The molecular formula is C20H21Cl2NO4S. The van der Waals surface area contributed by atoms with Gasteiger partial charge in [0.15, 0.2) is 16.4 Å². The minimum absolute atomic E-state index is 0.0473. The normalized spacial score (nSPS) is 18.0. The molecule has 1 heterocycles. The standard InChI is InChI=1S/C20H21Cl2NO4S/c1-14-4-2-3-5-19(14)27-12-20(24)23(17-8-9-28(25,26)13-17)11-15-6-7-16(21)10-18(15)22/h2-7,10,17H,8-9,11-13H2,1H3. The van der Waals surface area contributed by atoms with Gasteiger partial charge in [-0.25, -0.2) is 8.42 Å². The van der Waals surface area contributed by atoms with Gasteiger partial charge in [0, 0.05) is 22.6 Å². The minimum Gasteiger partial charge on any atom is -0.484 e. The summed E-state index contributed by atoms with van der Waals surface area (Å²) in [4.78, 5) is 14.5. The number of halogens is 2. The van der Waals surface area contributed by atoms with E-state index in [9.17, 15) is 13.2 Å². The fraction of sp³-hybridized carbons (Fsp3) is 0.350. The Balaban J connectivity index is 1.79. The summed E-state index contributed by atoms with van der Waals surface area (Å²) < 4.78 is 29.6. The van der Waals surface area contributed by atoms with Gasteiger partial charge in [-0.3, -0.25) is 4.79 Å². The number of carbonyl (C=O) groups excluding carboxylic acids is 1. The summed E-state index contributed by atoms with van der Waals surface area (Å²) in [6.45, 7) is 1.92. The maximum Gasteiger partial charge on any atom is 0.261 e. The van der Waals surface area contributed by atoms with Gasteiger partial charge >= 0.3 is 0 Å². The highest BCUT2D eigenvalue weighted by molar-refractivity contribution is 7.91. The molecule has 0 spiro atoms. The van der Waals surface area contributed by atoms with Crippen molar-refractivity contribution in [2.24, 2.45) is 0 Å². The van der Waals surface area contributed by atoms with Gasteiger partial charge in [0.25, 0.3) is 5.91 Å². The molecule has 5 nitrogen and oxygen atoms in total. The first-order valence-corrected chi connectivity index (χ1v) is 11.4. The SMILES string of the molecule is Cc1ccccc1OCC(=O)N(Cc1ccc(Cl)cc1Cl)C1CCS(=O)(=O)C1. The van der Waals surface area contributed by atoms with Crippen LogP contribution in [0, 0.1) is 6.92 Å². The second-order valence-corrected chi connectivity index (χ2v) is 9.94. The molecule has 0 radical (unpaired) electrons. The zero-order valence-corrected chi connectivity index (χ0v) is 17.7. The second kappa shape index (κ2) is 8.72. The van der Waals surface area contributed by atoms with Crippen LogP contribution in [0.2, 0.25) is 10.0 Å². The summed E-state index contributed by atoms with van der Waals surface area (Å²) in [5, 5.41) is 0.934. The number of carbonyl (C=O) groups is 1. The number of amides is 1. The Bertz CT molecular complexity index is 978. The van der Waals surface area contributed by atoms with E-state index in [2.05, 4.69) is 0 Å². The van der Waals surface area contributed by atoms with Crippen molar-refractivity contribution in [3.8, 4) is 5.75 Å². The van der Waals surface area contributed by atoms with E-state index in [1.807, 2.05) is 25.1 Å². The van der Waals surface area contributed by atoms with Crippen LogP contribution in [0.1, 0.15) is 17.5 Å². The molecule has 1 aliphatic heterocycles. The average Bonchev–Trinajstić information content (AvgIpc) is 2.99. The fourth-order valence-electron chi connectivity index (χ4n) is 3.22. The van der Waals surface area contributed by atoms with Crippen LogP contribution in [0.25, 0.3) is 0 Å².